The molecule has 6 nitrogen and oxygen atoms in total. The van der Waals surface area contributed by atoms with E-state index < -0.39 is 0 Å². The van der Waals surface area contributed by atoms with E-state index in [-0.39, 0.29) is 12.0 Å². The molecule has 0 heterocycles. The fourth-order valence-corrected chi connectivity index (χ4v) is 2.95. The first-order chi connectivity index (χ1) is 14.0. The number of hydrogen-bond donors (Lipinski definition) is 1. The van der Waals surface area contributed by atoms with Gasteiger partial charge >= 0.3 is 0 Å². The average molecular weight is 402 g/mol. The lowest BCUT2D eigenvalue weighted by Gasteiger charge is -2.14. The van der Waals surface area contributed by atoms with E-state index in [1.165, 1.54) is 0 Å². The normalized spacial score (nSPS) is 10.7. The molecule has 0 saturated carbocycles. The van der Waals surface area contributed by atoms with Gasteiger partial charge in [-0.1, -0.05) is 24.3 Å². The van der Waals surface area contributed by atoms with Crippen molar-refractivity contribution in [2.75, 3.05) is 21.3 Å². The molecular formula is C23H31NO5. The van der Waals surface area contributed by atoms with Crippen LogP contribution in [-0.4, -0.2) is 33.3 Å². The quantitative estimate of drug-likeness (QED) is 0.619. The van der Waals surface area contributed by atoms with Crippen LogP contribution in [0.2, 0.25) is 0 Å². The summed E-state index contributed by atoms with van der Waals surface area (Å²) in [6.07, 6.45) is 1.10. The molecule has 0 bridgehead atoms. The largest absolute Gasteiger partial charge is 0.493 e. The van der Waals surface area contributed by atoms with Crippen LogP contribution in [0.4, 0.5) is 0 Å². The molecule has 0 atom stereocenters. The average Bonchev–Trinajstić information content (AvgIpc) is 2.74. The first-order valence-corrected chi connectivity index (χ1v) is 9.72. The Morgan fingerprint density at radius 3 is 2.14 bits per heavy atom. The van der Waals surface area contributed by atoms with Crippen LogP contribution in [0.1, 0.15) is 37.0 Å². The van der Waals surface area contributed by atoms with E-state index in [0.29, 0.717) is 43.2 Å². The highest BCUT2D eigenvalue weighted by Gasteiger charge is 2.14. The van der Waals surface area contributed by atoms with Gasteiger partial charge < -0.3 is 24.3 Å². The lowest BCUT2D eigenvalue weighted by Crippen LogP contribution is -2.23. The summed E-state index contributed by atoms with van der Waals surface area (Å²) in [6.45, 7) is 5.03. The Labute approximate surface area is 173 Å². The second-order valence-electron chi connectivity index (χ2n) is 6.94. The Kier molecular flexibility index (Phi) is 8.80. The van der Waals surface area contributed by atoms with Crippen molar-refractivity contribution < 1.29 is 23.7 Å². The number of benzene rings is 2. The van der Waals surface area contributed by atoms with Crippen molar-refractivity contribution in [3.05, 3.63) is 53.1 Å². The number of carbonyl (C=O) groups is 1. The van der Waals surface area contributed by atoms with Gasteiger partial charge in [-0.3, -0.25) is 4.79 Å². The minimum Gasteiger partial charge on any atom is -0.493 e. The molecule has 1 N–H and O–H groups in total. The Bertz CT molecular complexity index is 779. The Morgan fingerprint density at radius 2 is 1.59 bits per heavy atom. The third-order valence-corrected chi connectivity index (χ3v) is 4.53. The first-order valence-electron chi connectivity index (χ1n) is 9.72. The molecule has 6 heteroatoms. The zero-order valence-electron chi connectivity index (χ0n) is 17.9. The lowest BCUT2D eigenvalue weighted by molar-refractivity contribution is -0.121. The molecule has 0 spiro atoms. The van der Waals surface area contributed by atoms with Gasteiger partial charge in [-0.05, 0) is 49.1 Å². The minimum atomic E-state index is -0.0154. The summed E-state index contributed by atoms with van der Waals surface area (Å²) in [5.74, 6) is 1.70. The molecule has 0 unspecified atom stereocenters. The summed E-state index contributed by atoms with van der Waals surface area (Å²) in [4.78, 5) is 12.4. The second-order valence-corrected chi connectivity index (χ2v) is 6.94. The SMILES string of the molecule is COc1cc(CCC(=O)NCc2ccccc2COC(C)C)cc(OC)c1OC. The molecule has 0 radical (unpaired) electrons. The van der Waals surface area contributed by atoms with Crippen molar-refractivity contribution in [1.82, 2.24) is 5.32 Å². The molecule has 0 aliphatic carbocycles. The van der Waals surface area contributed by atoms with E-state index in [4.69, 9.17) is 18.9 Å². The molecule has 29 heavy (non-hydrogen) atoms. The number of amides is 1. The van der Waals surface area contributed by atoms with Crippen LogP contribution in [0.5, 0.6) is 17.2 Å². The Hall–Kier alpha value is -2.73. The zero-order valence-corrected chi connectivity index (χ0v) is 17.9. The number of nitrogens with one attached hydrogen (secondary N) is 1. The van der Waals surface area contributed by atoms with Crippen LogP contribution in [0.25, 0.3) is 0 Å². The van der Waals surface area contributed by atoms with Crippen LogP contribution in [0.3, 0.4) is 0 Å². The van der Waals surface area contributed by atoms with Crippen molar-refractivity contribution >= 4 is 5.91 Å². The number of carbonyl (C=O) groups excluding carboxylic acids is 1. The summed E-state index contributed by atoms with van der Waals surface area (Å²) >= 11 is 0. The predicted octanol–water partition coefficient (Wildman–Crippen LogP) is 3.89. The molecule has 0 aromatic heterocycles. The number of hydrogen-bond acceptors (Lipinski definition) is 5. The van der Waals surface area contributed by atoms with Crippen LogP contribution < -0.4 is 19.5 Å². The van der Waals surface area contributed by atoms with Gasteiger partial charge in [0.05, 0.1) is 34.0 Å². The highest BCUT2D eigenvalue weighted by atomic mass is 16.5. The maximum absolute atomic E-state index is 12.4. The molecule has 2 aromatic rings. The molecule has 158 valence electrons. The lowest BCUT2D eigenvalue weighted by atomic mass is 10.1. The van der Waals surface area contributed by atoms with E-state index in [1.807, 2.05) is 50.2 Å². The van der Waals surface area contributed by atoms with E-state index in [2.05, 4.69) is 5.32 Å². The standard InChI is InChI=1S/C23H31NO5/c1-16(2)29-15-19-9-7-6-8-18(19)14-24-22(25)11-10-17-12-20(26-3)23(28-5)21(13-17)27-4/h6-9,12-13,16H,10-11,14-15H2,1-5H3,(H,24,25). The zero-order chi connectivity index (χ0) is 21.2. The Balaban J connectivity index is 1.94. The van der Waals surface area contributed by atoms with Crippen LogP contribution in [0, 0.1) is 0 Å². The third kappa shape index (κ3) is 6.68. The number of rotatable bonds is 11. The molecule has 1 amide bonds. The van der Waals surface area contributed by atoms with E-state index >= 15 is 0 Å². The predicted molar refractivity (Wildman–Crippen MR) is 113 cm³/mol. The number of aryl methyl sites for hydroxylation is 1. The summed E-state index contributed by atoms with van der Waals surface area (Å²) < 4.78 is 21.8. The second kappa shape index (κ2) is 11.3. The molecule has 2 rings (SSSR count). The Morgan fingerprint density at radius 1 is 0.966 bits per heavy atom. The summed E-state index contributed by atoms with van der Waals surface area (Å²) in [7, 11) is 4.72. The highest BCUT2D eigenvalue weighted by Crippen LogP contribution is 2.38. The molecule has 0 aliphatic rings. The van der Waals surface area contributed by atoms with Gasteiger partial charge in [0.1, 0.15) is 0 Å². The van der Waals surface area contributed by atoms with Gasteiger partial charge in [-0.2, -0.15) is 0 Å². The van der Waals surface area contributed by atoms with E-state index in [1.54, 1.807) is 21.3 Å². The molecule has 0 saturated heterocycles. The summed E-state index contributed by atoms with van der Waals surface area (Å²) in [5.41, 5.74) is 3.10. The van der Waals surface area contributed by atoms with Gasteiger partial charge in [0.15, 0.2) is 11.5 Å². The van der Waals surface area contributed by atoms with Crippen molar-refractivity contribution in [2.45, 2.75) is 45.9 Å². The molecular weight excluding hydrogens is 370 g/mol. The topological polar surface area (TPSA) is 66.0 Å². The maximum atomic E-state index is 12.4. The molecule has 0 fully saturated rings. The minimum absolute atomic E-state index is 0.0154. The molecule has 2 aromatic carbocycles. The van der Waals surface area contributed by atoms with Gasteiger partial charge in [-0.25, -0.2) is 0 Å². The fourth-order valence-electron chi connectivity index (χ4n) is 2.95. The highest BCUT2D eigenvalue weighted by molar-refractivity contribution is 5.76. The third-order valence-electron chi connectivity index (χ3n) is 4.53. The van der Waals surface area contributed by atoms with Gasteiger partial charge in [0.25, 0.3) is 0 Å². The van der Waals surface area contributed by atoms with Gasteiger partial charge in [0, 0.05) is 13.0 Å². The van der Waals surface area contributed by atoms with E-state index in [0.717, 1.165) is 16.7 Å². The number of ether oxygens (including phenoxy) is 4. The van der Waals surface area contributed by atoms with Crippen molar-refractivity contribution in [3.8, 4) is 17.2 Å². The summed E-state index contributed by atoms with van der Waals surface area (Å²) in [5, 5.41) is 3.00. The molecule has 0 aliphatic heterocycles. The van der Waals surface area contributed by atoms with Gasteiger partial charge in [0.2, 0.25) is 11.7 Å². The summed E-state index contributed by atoms with van der Waals surface area (Å²) in [6, 6.07) is 11.7. The smallest absolute Gasteiger partial charge is 0.220 e. The van der Waals surface area contributed by atoms with Gasteiger partial charge in [-0.15, -0.1) is 0 Å². The van der Waals surface area contributed by atoms with Crippen molar-refractivity contribution in [1.29, 1.82) is 0 Å². The first kappa shape index (κ1) is 22.6. The van der Waals surface area contributed by atoms with Crippen LogP contribution >= 0.6 is 0 Å². The fraction of sp³-hybridized carbons (Fsp3) is 0.435. The monoisotopic (exact) mass is 401 g/mol. The van der Waals surface area contributed by atoms with Crippen molar-refractivity contribution in [2.24, 2.45) is 0 Å². The van der Waals surface area contributed by atoms with Crippen LogP contribution in [-0.2, 0) is 29.1 Å². The van der Waals surface area contributed by atoms with Crippen LogP contribution in [0.15, 0.2) is 36.4 Å². The number of methoxy groups -OCH3 is 3. The maximum Gasteiger partial charge on any atom is 0.220 e. The van der Waals surface area contributed by atoms with Crippen molar-refractivity contribution in [3.63, 3.8) is 0 Å². The van der Waals surface area contributed by atoms with E-state index in [9.17, 15) is 4.79 Å².